The summed E-state index contributed by atoms with van der Waals surface area (Å²) in [5.74, 6) is -22.8. The Labute approximate surface area is 159 Å². The Morgan fingerprint density at radius 3 is 2.00 bits per heavy atom. The van der Waals surface area contributed by atoms with Crippen molar-refractivity contribution in [1.82, 2.24) is 0 Å². The van der Waals surface area contributed by atoms with Gasteiger partial charge in [-0.2, -0.15) is 39.5 Å². The van der Waals surface area contributed by atoms with Gasteiger partial charge in [0.1, 0.15) is 6.10 Å². The van der Waals surface area contributed by atoms with Gasteiger partial charge >= 0.3 is 23.9 Å². The first-order valence-electron chi connectivity index (χ1n) is 8.38. The zero-order valence-electron chi connectivity index (χ0n) is 14.8. The number of hydrogen-bond donors (Lipinski definition) is 1. The highest BCUT2D eigenvalue weighted by atomic mass is 19.4. The van der Waals surface area contributed by atoms with Crippen LogP contribution < -0.4 is 0 Å². The van der Waals surface area contributed by atoms with Gasteiger partial charge in [0.15, 0.2) is 6.29 Å². The lowest BCUT2D eigenvalue weighted by Gasteiger charge is -2.45. The molecular formula is C17H17F9O3. The van der Waals surface area contributed by atoms with E-state index in [9.17, 15) is 44.6 Å². The second-order valence-corrected chi connectivity index (χ2v) is 6.46. The SMILES string of the molecule is CCO[C@@H]1O[C@@H](c2ccccc2)C[C@H](C(F)(F)C(F)(F)C(F)(F)C(F)(F)F)[C@@H]1O. The second kappa shape index (κ2) is 7.95. The molecule has 1 heterocycles. The average molecular weight is 440 g/mol. The van der Waals surface area contributed by atoms with Crippen molar-refractivity contribution in [3.63, 3.8) is 0 Å². The van der Waals surface area contributed by atoms with Gasteiger partial charge in [0, 0.05) is 6.61 Å². The van der Waals surface area contributed by atoms with Crippen molar-refractivity contribution in [2.45, 2.75) is 55.8 Å². The number of aliphatic hydroxyl groups excluding tert-OH is 1. The van der Waals surface area contributed by atoms with Crippen molar-refractivity contribution in [3.05, 3.63) is 35.9 Å². The summed E-state index contributed by atoms with van der Waals surface area (Å²) in [6, 6.07) is 7.12. The van der Waals surface area contributed by atoms with Crippen LogP contribution in [0.3, 0.4) is 0 Å². The van der Waals surface area contributed by atoms with E-state index >= 15 is 0 Å². The Morgan fingerprint density at radius 2 is 1.52 bits per heavy atom. The first kappa shape index (κ1) is 23.7. The molecule has 0 spiro atoms. The van der Waals surface area contributed by atoms with E-state index in [2.05, 4.69) is 0 Å². The molecule has 0 aromatic heterocycles. The molecule has 1 aromatic carbocycles. The van der Waals surface area contributed by atoms with Gasteiger partial charge in [0.25, 0.3) is 0 Å². The van der Waals surface area contributed by atoms with E-state index in [1.807, 2.05) is 0 Å². The summed E-state index contributed by atoms with van der Waals surface area (Å²) in [6.07, 6.45) is -14.0. The minimum absolute atomic E-state index is 0.163. The summed E-state index contributed by atoms with van der Waals surface area (Å²) < 4.78 is 130. The zero-order chi connectivity index (χ0) is 22.3. The molecule has 1 N–H and O–H groups in total. The highest BCUT2D eigenvalue weighted by Gasteiger charge is 2.83. The molecule has 0 amide bonds. The third-order valence-corrected chi connectivity index (χ3v) is 4.59. The molecule has 2 rings (SSSR count). The predicted molar refractivity (Wildman–Crippen MR) is 80.7 cm³/mol. The molecule has 29 heavy (non-hydrogen) atoms. The Balaban J connectivity index is 2.47. The predicted octanol–water partition coefficient (Wildman–Crippen LogP) is 4.96. The number of aliphatic hydroxyl groups is 1. The van der Waals surface area contributed by atoms with Crippen LogP contribution in [0.5, 0.6) is 0 Å². The first-order valence-corrected chi connectivity index (χ1v) is 8.38. The average Bonchev–Trinajstić information content (AvgIpc) is 2.62. The lowest BCUT2D eigenvalue weighted by atomic mass is 9.80. The molecule has 3 nitrogen and oxygen atoms in total. The van der Waals surface area contributed by atoms with Crippen LogP contribution in [0.25, 0.3) is 0 Å². The molecule has 0 unspecified atom stereocenters. The molecule has 1 aromatic rings. The first-order chi connectivity index (χ1) is 13.2. The Morgan fingerprint density at radius 1 is 0.966 bits per heavy atom. The monoisotopic (exact) mass is 440 g/mol. The molecule has 0 radical (unpaired) electrons. The maximum atomic E-state index is 14.5. The minimum Gasteiger partial charge on any atom is -0.387 e. The van der Waals surface area contributed by atoms with Crippen LogP contribution in [0.4, 0.5) is 39.5 Å². The fourth-order valence-corrected chi connectivity index (χ4v) is 3.02. The normalized spacial score (nSPS) is 27.1. The summed E-state index contributed by atoms with van der Waals surface area (Å²) in [5, 5.41) is 10.0. The number of benzene rings is 1. The van der Waals surface area contributed by atoms with Crippen LogP contribution in [0.15, 0.2) is 30.3 Å². The second-order valence-electron chi connectivity index (χ2n) is 6.46. The summed E-state index contributed by atoms with van der Waals surface area (Å²) in [5.41, 5.74) is 0.163. The van der Waals surface area contributed by atoms with E-state index in [0.717, 1.165) is 0 Å². The topological polar surface area (TPSA) is 38.7 Å². The molecule has 0 saturated carbocycles. The lowest BCUT2D eigenvalue weighted by Crippen LogP contribution is -2.66. The highest BCUT2D eigenvalue weighted by Crippen LogP contribution is 2.58. The van der Waals surface area contributed by atoms with Crippen molar-refractivity contribution < 1.29 is 54.1 Å². The van der Waals surface area contributed by atoms with Gasteiger partial charge in [-0.3, -0.25) is 0 Å². The summed E-state index contributed by atoms with van der Waals surface area (Å²) in [6.45, 7) is 1.11. The molecule has 0 bridgehead atoms. The van der Waals surface area contributed by atoms with Crippen molar-refractivity contribution >= 4 is 0 Å². The molecule has 4 atom stereocenters. The Bertz CT molecular complexity index is 678. The quantitative estimate of drug-likeness (QED) is 0.636. The Kier molecular flexibility index (Phi) is 6.51. The van der Waals surface area contributed by atoms with Gasteiger partial charge < -0.3 is 14.6 Å². The van der Waals surface area contributed by atoms with E-state index in [1.165, 1.54) is 37.3 Å². The van der Waals surface area contributed by atoms with Crippen molar-refractivity contribution in [1.29, 1.82) is 0 Å². The maximum absolute atomic E-state index is 14.5. The van der Waals surface area contributed by atoms with Gasteiger partial charge in [0.05, 0.1) is 12.0 Å². The fraction of sp³-hybridized carbons (Fsp3) is 0.647. The molecule has 0 aliphatic carbocycles. The third-order valence-electron chi connectivity index (χ3n) is 4.59. The summed E-state index contributed by atoms with van der Waals surface area (Å²) in [7, 11) is 0. The maximum Gasteiger partial charge on any atom is 0.460 e. The van der Waals surface area contributed by atoms with Crippen LogP contribution in [0, 0.1) is 5.92 Å². The molecule has 12 heteroatoms. The number of rotatable bonds is 6. The molecular weight excluding hydrogens is 423 g/mol. The van der Waals surface area contributed by atoms with Crippen LogP contribution in [0.1, 0.15) is 25.0 Å². The zero-order valence-corrected chi connectivity index (χ0v) is 14.8. The molecule has 166 valence electrons. The summed E-state index contributed by atoms with van der Waals surface area (Å²) >= 11 is 0. The van der Waals surface area contributed by atoms with Crippen LogP contribution >= 0.6 is 0 Å². The van der Waals surface area contributed by atoms with Crippen LogP contribution in [0.2, 0.25) is 0 Å². The van der Waals surface area contributed by atoms with E-state index in [1.54, 1.807) is 0 Å². The standard InChI is InChI=1S/C17H17F9O3/c1-2-28-13-12(27)10(8-11(29-13)9-6-4-3-5-7-9)14(18,19)15(20,21)16(22,23)17(24,25)26/h3-7,10-13,27H,2,8H2,1H3/t10-,11+,12-,13+/m0/s1. The van der Waals surface area contributed by atoms with Gasteiger partial charge in [-0.15, -0.1) is 0 Å². The van der Waals surface area contributed by atoms with Crippen LogP contribution in [-0.2, 0) is 9.47 Å². The lowest BCUT2D eigenvalue weighted by molar-refractivity contribution is -0.413. The van der Waals surface area contributed by atoms with Crippen LogP contribution in [-0.4, -0.2) is 48.1 Å². The number of alkyl halides is 9. The Hall–Kier alpha value is -1.53. The summed E-state index contributed by atoms with van der Waals surface area (Å²) in [4.78, 5) is 0. The van der Waals surface area contributed by atoms with E-state index in [4.69, 9.17) is 9.47 Å². The molecule has 1 aliphatic rings. The minimum atomic E-state index is -7.04. The smallest absolute Gasteiger partial charge is 0.387 e. The number of halogens is 9. The number of hydrogen-bond acceptors (Lipinski definition) is 3. The van der Waals surface area contributed by atoms with Gasteiger partial charge in [0.2, 0.25) is 0 Å². The van der Waals surface area contributed by atoms with Gasteiger partial charge in [-0.05, 0) is 18.9 Å². The van der Waals surface area contributed by atoms with E-state index < -0.39 is 54.8 Å². The third kappa shape index (κ3) is 4.06. The van der Waals surface area contributed by atoms with Crippen molar-refractivity contribution in [2.24, 2.45) is 5.92 Å². The van der Waals surface area contributed by atoms with E-state index in [-0.39, 0.29) is 12.2 Å². The molecule has 1 fully saturated rings. The van der Waals surface area contributed by atoms with Gasteiger partial charge in [-0.25, -0.2) is 0 Å². The number of ether oxygens (including phenoxy) is 2. The highest BCUT2D eigenvalue weighted by molar-refractivity contribution is 5.19. The largest absolute Gasteiger partial charge is 0.460 e. The fourth-order valence-electron chi connectivity index (χ4n) is 3.02. The molecule has 1 saturated heterocycles. The van der Waals surface area contributed by atoms with Crippen molar-refractivity contribution in [3.8, 4) is 0 Å². The van der Waals surface area contributed by atoms with E-state index in [0.29, 0.717) is 0 Å². The van der Waals surface area contributed by atoms with Crippen molar-refractivity contribution in [2.75, 3.05) is 6.61 Å². The van der Waals surface area contributed by atoms with Gasteiger partial charge in [-0.1, -0.05) is 30.3 Å². The molecule has 1 aliphatic heterocycles.